The molecule has 0 radical (unpaired) electrons. The second-order valence-corrected chi connectivity index (χ2v) is 13.2. The van der Waals surface area contributed by atoms with Crippen molar-refractivity contribution < 1.29 is 23.8 Å². The maximum absolute atomic E-state index is 14.4. The number of benzene rings is 3. The lowest BCUT2D eigenvalue weighted by molar-refractivity contribution is -0.139. The molecule has 1 atom stereocenters. The number of aromatic nitrogens is 3. The molecule has 5 aromatic rings. The van der Waals surface area contributed by atoms with E-state index in [1.165, 1.54) is 23.0 Å². The van der Waals surface area contributed by atoms with Crippen LogP contribution in [0.2, 0.25) is 0 Å². The molecule has 3 heterocycles. The van der Waals surface area contributed by atoms with Gasteiger partial charge < -0.3 is 14.2 Å². The third kappa shape index (κ3) is 7.09. The molecule has 0 spiro atoms. The lowest BCUT2D eigenvalue weighted by Gasteiger charge is -2.24. The van der Waals surface area contributed by atoms with Crippen LogP contribution in [-0.2, 0) is 14.3 Å². The molecule has 256 valence electrons. The van der Waals surface area contributed by atoms with Gasteiger partial charge in [0.05, 0.1) is 53.4 Å². The molecule has 0 aliphatic carbocycles. The number of ether oxygens (including phenoxy) is 3. The summed E-state index contributed by atoms with van der Waals surface area (Å²) in [4.78, 5) is 45.0. The maximum atomic E-state index is 14.4. The molecule has 10 nitrogen and oxygen atoms in total. The molecule has 0 bridgehead atoms. The van der Waals surface area contributed by atoms with Crippen molar-refractivity contribution in [3.63, 3.8) is 0 Å². The fourth-order valence-electron chi connectivity index (χ4n) is 5.72. The van der Waals surface area contributed by atoms with Gasteiger partial charge in [0, 0.05) is 17.3 Å². The zero-order valence-corrected chi connectivity index (χ0v) is 29.4. The number of esters is 2. The van der Waals surface area contributed by atoms with Gasteiger partial charge in [0.25, 0.3) is 5.56 Å². The predicted octanol–water partition coefficient (Wildman–Crippen LogP) is 5.86. The fraction of sp³-hybridized carbons (Fsp3) is 0.256. The average Bonchev–Trinajstić information content (AvgIpc) is 3.68. The van der Waals surface area contributed by atoms with E-state index in [9.17, 15) is 14.4 Å². The molecule has 11 heteroatoms. The first kappa shape index (κ1) is 34.3. The van der Waals surface area contributed by atoms with E-state index in [4.69, 9.17) is 24.3 Å². The Kier molecular flexibility index (Phi) is 10.2. The number of fused-ring (bicyclic) bond motifs is 1. The number of allylic oxidation sites excluding steroid dienone is 1. The Balaban J connectivity index is 1.47. The highest BCUT2D eigenvalue weighted by molar-refractivity contribution is 7.07. The number of thiazole rings is 1. The lowest BCUT2D eigenvalue weighted by Crippen LogP contribution is -2.40. The Morgan fingerprint density at radius 3 is 2.36 bits per heavy atom. The number of carbonyl (C=O) groups is 2. The van der Waals surface area contributed by atoms with Crippen LogP contribution < -0.4 is 19.6 Å². The molecule has 50 heavy (non-hydrogen) atoms. The molecule has 0 unspecified atom stereocenters. The van der Waals surface area contributed by atoms with Gasteiger partial charge in [-0.2, -0.15) is 5.10 Å². The zero-order chi connectivity index (χ0) is 35.4. The number of rotatable bonds is 11. The van der Waals surface area contributed by atoms with Gasteiger partial charge >= 0.3 is 11.9 Å². The number of carbonyl (C=O) groups excluding carboxylic acids is 2. The highest BCUT2D eigenvalue weighted by Crippen LogP contribution is 2.31. The Hall–Kier alpha value is -5.55. The minimum atomic E-state index is -0.825. The van der Waals surface area contributed by atoms with E-state index in [-0.39, 0.29) is 17.7 Å². The van der Waals surface area contributed by atoms with Crippen molar-refractivity contribution >= 4 is 29.4 Å². The van der Waals surface area contributed by atoms with E-state index in [1.807, 2.05) is 66.9 Å². The highest BCUT2D eigenvalue weighted by atomic mass is 32.1. The van der Waals surface area contributed by atoms with Gasteiger partial charge in [0.2, 0.25) is 0 Å². The summed E-state index contributed by atoms with van der Waals surface area (Å²) < 4.78 is 20.0. The van der Waals surface area contributed by atoms with E-state index in [0.717, 1.165) is 29.0 Å². The summed E-state index contributed by atoms with van der Waals surface area (Å²) >= 11 is 1.23. The van der Waals surface area contributed by atoms with Crippen molar-refractivity contribution in [2.75, 3.05) is 20.3 Å². The SMILES string of the molecule is CCOC(=O)C1=C(C)N=c2s/c(=C\c3cn(-c4ccccc4)nc3-c3ccc(OCCC(C)C)cc3)c(=O)n2[C@H]1c1ccc(C(=O)OC)cc1. The van der Waals surface area contributed by atoms with Crippen molar-refractivity contribution in [1.82, 2.24) is 14.3 Å². The molecule has 6 rings (SSSR count). The van der Waals surface area contributed by atoms with Gasteiger partial charge in [-0.25, -0.2) is 19.3 Å². The quantitative estimate of drug-likeness (QED) is 0.160. The molecule has 1 aliphatic rings. The Bertz CT molecular complexity index is 2230. The van der Waals surface area contributed by atoms with Gasteiger partial charge in [-0.15, -0.1) is 0 Å². The van der Waals surface area contributed by atoms with Crippen molar-refractivity contribution in [2.24, 2.45) is 10.9 Å². The standard InChI is InChI=1S/C39H38N4O6S/c1-6-48-38(46)33-25(4)40-39-43(35(33)27-12-14-28(15-13-27)37(45)47-5)36(44)32(50-39)22-29-23-42(30-10-8-7-9-11-30)41-34(29)26-16-18-31(19-17-26)49-21-20-24(2)3/h7-19,22-24,35H,6,20-21H2,1-5H3/b32-22-/t35-/m0/s1. The lowest BCUT2D eigenvalue weighted by atomic mass is 9.95. The molecule has 2 aromatic heterocycles. The third-order valence-electron chi connectivity index (χ3n) is 8.31. The fourth-order valence-corrected chi connectivity index (χ4v) is 6.76. The second-order valence-electron chi connectivity index (χ2n) is 12.2. The van der Waals surface area contributed by atoms with Gasteiger partial charge in [-0.3, -0.25) is 9.36 Å². The average molecular weight is 691 g/mol. The van der Waals surface area contributed by atoms with Crippen LogP contribution in [0.5, 0.6) is 5.75 Å². The van der Waals surface area contributed by atoms with Gasteiger partial charge in [-0.05, 0) is 86.4 Å². The Morgan fingerprint density at radius 1 is 0.980 bits per heavy atom. The predicted molar refractivity (Wildman–Crippen MR) is 192 cm³/mol. The summed E-state index contributed by atoms with van der Waals surface area (Å²) in [5, 5.41) is 4.94. The molecular formula is C39H38N4O6S. The summed E-state index contributed by atoms with van der Waals surface area (Å²) in [6.45, 7) is 8.59. The van der Waals surface area contributed by atoms with E-state index < -0.39 is 18.0 Å². The maximum Gasteiger partial charge on any atom is 0.338 e. The molecule has 3 aromatic carbocycles. The van der Waals surface area contributed by atoms with Crippen LogP contribution in [0.25, 0.3) is 23.0 Å². The summed E-state index contributed by atoms with van der Waals surface area (Å²) in [5.74, 6) is 0.276. The molecular weight excluding hydrogens is 653 g/mol. The zero-order valence-electron chi connectivity index (χ0n) is 28.6. The summed E-state index contributed by atoms with van der Waals surface area (Å²) in [7, 11) is 1.31. The Labute approximate surface area is 293 Å². The number of hydrogen-bond donors (Lipinski definition) is 0. The summed E-state index contributed by atoms with van der Waals surface area (Å²) in [5.41, 5.74) is 4.50. The molecule has 0 N–H and O–H groups in total. The van der Waals surface area contributed by atoms with E-state index >= 15 is 0 Å². The van der Waals surface area contributed by atoms with Crippen molar-refractivity contribution in [3.05, 3.63) is 133 Å². The minimum Gasteiger partial charge on any atom is -0.494 e. The largest absolute Gasteiger partial charge is 0.494 e. The van der Waals surface area contributed by atoms with Crippen molar-refractivity contribution in [2.45, 2.75) is 40.2 Å². The summed E-state index contributed by atoms with van der Waals surface area (Å²) in [6, 6.07) is 23.4. The minimum absolute atomic E-state index is 0.160. The molecule has 0 saturated carbocycles. The normalized spacial score (nSPS) is 14.4. The first-order chi connectivity index (χ1) is 24.2. The monoisotopic (exact) mass is 690 g/mol. The Morgan fingerprint density at radius 2 is 1.70 bits per heavy atom. The van der Waals surface area contributed by atoms with Crippen LogP contribution in [0, 0.1) is 5.92 Å². The van der Waals surface area contributed by atoms with Gasteiger partial charge in [-0.1, -0.05) is 55.5 Å². The number of methoxy groups -OCH3 is 1. The van der Waals surface area contributed by atoms with Crippen LogP contribution in [0.4, 0.5) is 0 Å². The smallest absolute Gasteiger partial charge is 0.338 e. The van der Waals surface area contributed by atoms with Gasteiger partial charge in [0.15, 0.2) is 4.80 Å². The number of para-hydroxylation sites is 1. The molecule has 0 fully saturated rings. The number of nitrogens with zero attached hydrogens (tertiary/aromatic N) is 4. The van der Waals surface area contributed by atoms with Crippen LogP contribution >= 0.6 is 11.3 Å². The van der Waals surface area contributed by atoms with Gasteiger partial charge in [0.1, 0.15) is 11.4 Å². The molecule has 1 aliphatic heterocycles. The topological polar surface area (TPSA) is 114 Å². The van der Waals surface area contributed by atoms with Crippen LogP contribution in [0.15, 0.2) is 106 Å². The van der Waals surface area contributed by atoms with Crippen LogP contribution in [0.3, 0.4) is 0 Å². The highest BCUT2D eigenvalue weighted by Gasteiger charge is 2.33. The first-order valence-corrected chi connectivity index (χ1v) is 17.3. The third-order valence-corrected chi connectivity index (χ3v) is 9.29. The van der Waals surface area contributed by atoms with E-state index in [2.05, 4.69) is 13.8 Å². The van der Waals surface area contributed by atoms with Crippen LogP contribution in [-0.4, -0.2) is 46.6 Å². The van der Waals surface area contributed by atoms with Crippen molar-refractivity contribution in [3.8, 4) is 22.7 Å². The summed E-state index contributed by atoms with van der Waals surface area (Å²) in [6.07, 6.45) is 4.68. The second kappa shape index (κ2) is 14.9. The van der Waals surface area contributed by atoms with E-state index in [1.54, 1.807) is 42.8 Å². The van der Waals surface area contributed by atoms with Crippen molar-refractivity contribution in [1.29, 1.82) is 0 Å². The van der Waals surface area contributed by atoms with E-state index in [0.29, 0.717) is 44.4 Å². The first-order valence-electron chi connectivity index (χ1n) is 16.4. The molecule has 0 amide bonds. The number of hydrogen-bond acceptors (Lipinski definition) is 9. The van der Waals surface area contributed by atoms with Crippen LogP contribution in [0.1, 0.15) is 61.6 Å². The molecule has 0 saturated heterocycles.